The van der Waals surface area contributed by atoms with Crippen LogP contribution >= 0.6 is 0 Å². The van der Waals surface area contributed by atoms with Crippen molar-refractivity contribution in [1.29, 1.82) is 0 Å². The van der Waals surface area contributed by atoms with E-state index in [1.807, 2.05) is 6.92 Å². The third-order valence-corrected chi connectivity index (χ3v) is 5.63. The number of benzene rings is 1. The van der Waals surface area contributed by atoms with Crippen LogP contribution in [0.2, 0.25) is 0 Å². The van der Waals surface area contributed by atoms with E-state index in [4.69, 9.17) is 4.74 Å². The molecule has 1 aliphatic heterocycles. The minimum Gasteiger partial charge on any atom is -0.450 e. The standard InChI is InChI=1S/C19H25N3O2/c1-4-24-19(23)20-13-9-15-14-6-5-7-16-18(14)12(10-21(16)2)8-17(15)22(3)11-13/h5-7,10,13,15,17H,4,8-9,11H2,1-3H3,(H,20,23)/t13-,15?,17+/m0/s1. The predicted molar refractivity (Wildman–Crippen MR) is 94.3 cm³/mol. The van der Waals surface area contributed by atoms with E-state index >= 15 is 0 Å². The summed E-state index contributed by atoms with van der Waals surface area (Å²) in [6.07, 6.45) is 4.04. The van der Waals surface area contributed by atoms with Gasteiger partial charge in [-0.05, 0) is 44.0 Å². The molecule has 1 aromatic heterocycles. The second kappa shape index (κ2) is 5.81. The highest BCUT2D eigenvalue weighted by molar-refractivity contribution is 5.89. The maximum Gasteiger partial charge on any atom is 0.407 e. The molecule has 1 saturated heterocycles. The zero-order valence-electron chi connectivity index (χ0n) is 14.6. The van der Waals surface area contributed by atoms with Crippen LogP contribution in [0.5, 0.6) is 0 Å². The molecule has 3 atom stereocenters. The maximum atomic E-state index is 11.8. The van der Waals surface area contributed by atoms with Crippen molar-refractivity contribution < 1.29 is 9.53 Å². The summed E-state index contributed by atoms with van der Waals surface area (Å²) in [5.41, 5.74) is 4.19. The average molecular weight is 327 g/mol. The number of ether oxygens (including phenoxy) is 1. The molecule has 1 aliphatic carbocycles. The second-order valence-corrected chi connectivity index (χ2v) is 7.12. The number of nitrogens with zero attached hydrogens (tertiary/aromatic N) is 2. The Labute approximate surface area is 142 Å². The number of alkyl carbamates (subject to hydrolysis) is 1. The van der Waals surface area contributed by atoms with Crippen LogP contribution in [0.15, 0.2) is 24.4 Å². The van der Waals surface area contributed by atoms with Gasteiger partial charge in [0.1, 0.15) is 0 Å². The topological polar surface area (TPSA) is 46.5 Å². The normalized spacial score (nSPS) is 26.2. The highest BCUT2D eigenvalue weighted by atomic mass is 16.5. The summed E-state index contributed by atoms with van der Waals surface area (Å²) in [6, 6.07) is 7.26. The first-order chi connectivity index (χ1) is 11.6. The summed E-state index contributed by atoms with van der Waals surface area (Å²) in [5, 5.41) is 4.46. The number of nitrogens with one attached hydrogen (secondary N) is 1. The van der Waals surface area contributed by atoms with Crippen LogP contribution in [0.4, 0.5) is 4.79 Å². The maximum absolute atomic E-state index is 11.8. The van der Waals surface area contributed by atoms with Crippen molar-refractivity contribution in [1.82, 2.24) is 14.8 Å². The van der Waals surface area contributed by atoms with E-state index in [0.29, 0.717) is 18.6 Å². The van der Waals surface area contributed by atoms with Gasteiger partial charge in [0.2, 0.25) is 0 Å². The van der Waals surface area contributed by atoms with Gasteiger partial charge in [-0.2, -0.15) is 0 Å². The minimum atomic E-state index is -0.302. The van der Waals surface area contributed by atoms with Crippen LogP contribution < -0.4 is 5.32 Å². The molecule has 1 aromatic carbocycles. The van der Waals surface area contributed by atoms with Crippen molar-refractivity contribution >= 4 is 17.0 Å². The van der Waals surface area contributed by atoms with Gasteiger partial charge in [0.05, 0.1) is 6.61 Å². The lowest BCUT2D eigenvalue weighted by Gasteiger charge is -2.45. The number of fused-ring (bicyclic) bond motifs is 2. The molecule has 5 nitrogen and oxygen atoms in total. The molecule has 1 fully saturated rings. The number of hydrogen-bond acceptors (Lipinski definition) is 3. The number of carbonyl (C=O) groups excluding carboxylic acids is 1. The van der Waals surface area contributed by atoms with Crippen LogP contribution in [-0.4, -0.2) is 47.8 Å². The molecule has 1 amide bonds. The van der Waals surface area contributed by atoms with Crippen LogP contribution in [0.25, 0.3) is 10.9 Å². The molecule has 0 radical (unpaired) electrons. The van der Waals surface area contributed by atoms with E-state index in [0.717, 1.165) is 19.4 Å². The Morgan fingerprint density at radius 3 is 3.00 bits per heavy atom. The summed E-state index contributed by atoms with van der Waals surface area (Å²) < 4.78 is 7.30. The number of aromatic nitrogens is 1. The van der Waals surface area contributed by atoms with Crippen molar-refractivity contribution in [3.63, 3.8) is 0 Å². The Hall–Kier alpha value is -2.01. The van der Waals surface area contributed by atoms with E-state index in [9.17, 15) is 4.79 Å². The van der Waals surface area contributed by atoms with Crippen molar-refractivity contribution in [2.24, 2.45) is 7.05 Å². The summed E-state index contributed by atoms with van der Waals surface area (Å²) in [4.78, 5) is 14.2. The fraction of sp³-hybridized carbons (Fsp3) is 0.526. The van der Waals surface area contributed by atoms with Crippen molar-refractivity contribution in [3.05, 3.63) is 35.5 Å². The van der Waals surface area contributed by atoms with Crippen molar-refractivity contribution in [3.8, 4) is 0 Å². The fourth-order valence-corrected chi connectivity index (χ4v) is 4.66. The quantitative estimate of drug-likeness (QED) is 0.922. The van der Waals surface area contributed by atoms with Gasteiger partial charge in [0.15, 0.2) is 0 Å². The average Bonchev–Trinajstić information content (AvgIpc) is 2.87. The first-order valence-electron chi connectivity index (χ1n) is 8.78. The number of rotatable bonds is 2. The van der Waals surface area contributed by atoms with Gasteiger partial charge in [-0.1, -0.05) is 12.1 Å². The zero-order chi connectivity index (χ0) is 16.8. The highest BCUT2D eigenvalue weighted by Gasteiger charge is 2.40. The Bertz CT molecular complexity index is 782. The molecule has 128 valence electrons. The second-order valence-electron chi connectivity index (χ2n) is 7.12. The van der Waals surface area contributed by atoms with Gasteiger partial charge >= 0.3 is 6.09 Å². The SMILES string of the molecule is CCOC(=O)N[C@H]1CC2c3cccc4c3c(cn4C)C[C@H]2N(C)C1. The fourth-order valence-electron chi connectivity index (χ4n) is 4.66. The third-order valence-electron chi connectivity index (χ3n) is 5.63. The smallest absolute Gasteiger partial charge is 0.407 e. The Kier molecular flexibility index (Phi) is 3.76. The van der Waals surface area contributed by atoms with Gasteiger partial charge in [0, 0.05) is 48.7 Å². The van der Waals surface area contributed by atoms with E-state index in [1.54, 1.807) is 0 Å². The van der Waals surface area contributed by atoms with Crippen molar-refractivity contribution in [2.45, 2.75) is 37.8 Å². The van der Waals surface area contributed by atoms with Gasteiger partial charge in [0.25, 0.3) is 0 Å². The van der Waals surface area contributed by atoms with Gasteiger partial charge < -0.3 is 19.5 Å². The third kappa shape index (κ3) is 2.38. The zero-order valence-corrected chi connectivity index (χ0v) is 14.6. The molecule has 4 rings (SSSR count). The predicted octanol–water partition coefficient (Wildman–Crippen LogP) is 2.64. The molecule has 0 spiro atoms. The first kappa shape index (κ1) is 15.5. The monoisotopic (exact) mass is 327 g/mol. The number of piperidine rings is 1. The lowest BCUT2D eigenvalue weighted by atomic mass is 9.74. The van der Waals surface area contributed by atoms with E-state index in [-0.39, 0.29) is 12.1 Å². The Morgan fingerprint density at radius 2 is 2.21 bits per heavy atom. The summed E-state index contributed by atoms with van der Waals surface area (Å²) in [7, 11) is 4.30. The Balaban J connectivity index is 1.67. The summed E-state index contributed by atoms with van der Waals surface area (Å²) >= 11 is 0. The minimum absolute atomic E-state index is 0.135. The molecule has 0 saturated carbocycles. The molecule has 1 N–H and O–H groups in total. The molecule has 24 heavy (non-hydrogen) atoms. The van der Waals surface area contributed by atoms with E-state index < -0.39 is 0 Å². The molecule has 2 aromatic rings. The molecular weight excluding hydrogens is 302 g/mol. The number of amides is 1. The lowest BCUT2D eigenvalue weighted by molar-refractivity contribution is 0.110. The molecular formula is C19H25N3O2. The molecule has 2 aliphatic rings. The number of likely N-dealkylation sites (N-methyl/N-ethyl adjacent to an activating group) is 1. The van der Waals surface area contributed by atoms with Crippen LogP contribution in [-0.2, 0) is 18.2 Å². The molecule has 5 heteroatoms. The number of aryl methyl sites for hydroxylation is 1. The molecule has 2 heterocycles. The number of likely N-dealkylation sites (tertiary alicyclic amines) is 1. The molecule has 0 bridgehead atoms. The molecule has 1 unspecified atom stereocenters. The van der Waals surface area contributed by atoms with Crippen LogP contribution in [0.1, 0.15) is 30.4 Å². The lowest BCUT2D eigenvalue weighted by Crippen LogP contribution is -2.54. The van der Waals surface area contributed by atoms with Gasteiger partial charge in [-0.25, -0.2) is 4.79 Å². The van der Waals surface area contributed by atoms with E-state index in [1.165, 1.54) is 22.0 Å². The van der Waals surface area contributed by atoms with Crippen LogP contribution in [0, 0.1) is 0 Å². The van der Waals surface area contributed by atoms with Gasteiger partial charge in [-0.15, -0.1) is 0 Å². The van der Waals surface area contributed by atoms with Crippen LogP contribution in [0.3, 0.4) is 0 Å². The Morgan fingerprint density at radius 1 is 1.38 bits per heavy atom. The highest BCUT2D eigenvalue weighted by Crippen LogP contribution is 2.43. The first-order valence-corrected chi connectivity index (χ1v) is 8.78. The summed E-state index contributed by atoms with van der Waals surface area (Å²) in [6.45, 7) is 3.12. The largest absolute Gasteiger partial charge is 0.450 e. The van der Waals surface area contributed by atoms with Crippen molar-refractivity contribution in [2.75, 3.05) is 20.2 Å². The summed E-state index contributed by atoms with van der Waals surface area (Å²) in [5.74, 6) is 0.453. The van der Waals surface area contributed by atoms with Gasteiger partial charge in [-0.3, -0.25) is 0 Å². The number of hydrogen-bond donors (Lipinski definition) is 1. The number of carbonyl (C=O) groups is 1. The van der Waals surface area contributed by atoms with E-state index in [2.05, 4.69) is 53.3 Å².